The second kappa shape index (κ2) is 9.11. The van der Waals surface area contributed by atoms with Crippen LogP contribution in [0.25, 0.3) is 0 Å². The van der Waals surface area contributed by atoms with E-state index in [4.69, 9.17) is 5.26 Å². The molecule has 1 saturated heterocycles. The van der Waals surface area contributed by atoms with Crippen molar-refractivity contribution in [3.05, 3.63) is 35.9 Å². The normalized spacial score (nSPS) is 28.1. The van der Waals surface area contributed by atoms with Gasteiger partial charge < -0.3 is 15.1 Å². The predicted molar refractivity (Wildman–Crippen MR) is 123 cm³/mol. The average Bonchev–Trinajstić information content (AvgIpc) is 3.00. The summed E-state index contributed by atoms with van der Waals surface area (Å²) in [5, 5.41) is 11.3. The van der Waals surface area contributed by atoms with Crippen LogP contribution in [-0.4, -0.2) is 72.5 Å². The van der Waals surface area contributed by atoms with Gasteiger partial charge in [0.15, 0.2) is 0 Å². The molecule has 0 bridgehead atoms. The zero-order valence-electron chi connectivity index (χ0n) is 19.3. The molecule has 1 N–H and O–H groups in total. The Hall–Kier alpha value is -2.59. The number of carbonyl (C=O) groups is 2. The third-order valence-corrected chi connectivity index (χ3v) is 8.10. The first-order valence-corrected chi connectivity index (χ1v) is 11.8. The maximum Gasteiger partial charge on any atom is 0.321 e. The van der Waals surface area contributed by atoms with Crippen molar-refractivity contribution in [2.24, 2.45) is 5.92 Å². The van der Waals surface area contributed by atoms with Gasteiger partial charge in [-0.05, 0) is 64.1 Å². The lowest BCUT2D eigenvalue weighted by atomic mass is 9.68. The summed E-state index contributed by atoms with van der Waals surface area (Å²) in [6.45, 7) is 1.40. The van der Waals surface area contributed by atoms with Crippen LogP contribution < -0.4 is 5.32 Å². The van der Waals surface area contributed by atoms with Gasteiger partial charge in [-0.1, -0.05) is 36.8 Å². The molecule has 2 aliphatic carbocycles. The minimum atomic E-state index is -0.261. The Bertz CT molecular complexity index is 866. The Morgan fingerprint density at radius 3 is 2.44 bits per heavy atom. The molecule has 1 aromatic rings. The average molecular weight is 438 g/mol. The fraction of sp³-hybridized carbons (Fsp3) is 0.640. The second-order valence-corrected chi connectivity index (χ2v) is 10.00. The topological polar surface area (TPSA) is 79.7 Å². The number of hydrogen-bond donors (Lipinski definition) is 1. The minimum absolute atomic E-state index is 0.0129. The highest BCUT2D eigenvalue weighted by Crippen LogP contribution is 2.49. The molecule has 3 amide bonds. The highest BCUT2D eigenvalue weighted by Gasteiger charge is 2.55. The van der Waals surface area contributed by atoms with Gasteiger partial charge >= 0.3 is 6.03 Å². The quantitative estimate of drug-likeness (QED) is 0.665. The van der Waals surface area contributed by atoms with Crippen LogP contribution in [0.2, 0.25) is 0 Å². The van der Waals surface area contributed by atoms with Crippen molar-refractivity contribution >= 4 is 11.9 Å². The van der Waals surface area contributed by atoms with Crippen molar-refractivity contribution in [2.45, 2.75) is 56.0 Å². The van der Waals surface area contributed by atoms with Crippen LogP contribution in [0.3, 0.4) is 0 Å². The molecule has 1 heterocycles. The van der Waals surface area contributed by atoms with Crippen LogP contribution in [-0.2, 0) is 10.3 Å². The van der Waals surface area contributed by atoms with E-state index in [9.17, 15) is 9.59 Å². The van der Waals surface area contributed by atoms with Crippen molar-refractivity contribution in [3.8, 4) is 6.07 Å². The van der Waals surface area contributed by atoms with Crippen molar-refractivity contribution in [3.63, 3.8) is 0 Å². The lowest BCUT2D eigenvalue weighted by Crippen LogP contribution is -2.56. The van der Waals surface area contributed by atoms with Gasteiger partial charge in [0.05, 0.1) is 11.6 Å². The number of nitriles is 1. The molecule has 0 unspecified atom stereocenters. The number of amides is 3. The van der Waals surface area contributed by atoms with Crippen LogP contribution in [0.1, 0.15) is 50.5 Å². The van der Waals surface area contributed by atoms with Gasteiger partial charge in [0.1, 0.15) is 13.1 Å². The van der Waals surface area contributed by atoms with Crippen LogP contribution in [0.5, 0.6) is 0 Å². The Morgan fingerprint density at radius 2 is 1.88 bits per heavy atom. The van der Waals surface area contributed by atoms with Gasteiger partial charge in [-0.25, -0.2) is 4.79 Å². The van der Waals surface area contributed by atoms with Crippen LogP contribution in [0, 0.1) is 17.2 Å². The largest absolute Gasteiger partial charge is 0.341 e. The summed E-state index contributed by atoms with van der Waals surface area (Å²) < 4.78 is 0. The summed E-state index contributed by atoms with van der Waals surface area (Å²) >= 11 is 0. The SMILES string of the molecule is CN(C)C1(c2ccccc2)CCC2(CC1)CN(CC(=O)NCC#N)C(=O)N2CC1CCC1. The first-order valence-electron chi connectivity index (χ1n) is 11.8. The molecule has 32 heavy (non-hydrogen) atoms. The number of nitrogens with zero attached hydrogens (tertiary/aromatic N) is 4. The van der Waals surface area contributed by atoms with Crippen LogP contribution in [0.4, 0.5) is 4.79 Å². The third-order valence-electron chi connectivity index (χ3n) is 8.10. The summed E-state index contributed by atoms with van der Waals surface area (Å²) in [6.07, 6.45) is 7.43. The third kappa shape index (κ3) is 4.09. The number of rotatable bonds is 7. The summed E-state index contributed by atoms with van der Waals surface area (Å²) in [5.74, 6) is 0.320. The van der Waals surface area contributed by atoms with Gasteiger partial charge in [0, 0.05) is 18.6 Å². The molecule has 7 heteroatoms. The Kier molecular flexibility index (Phi) is 6.43. The molecule has 1 spiro atoms. The number of nitrogens with one attached hydrogen (secondary N) is 1. The smallest absolute Gasteiger partial charge is 0.321 e. The second-order valence-electron chi connectivity index (χ2n) is 10.00. The summed E-state index contributed by atoms with van der Waals surface area (Å²) in [4.78, 5) is 31.8. The maximum atomic E-state index is 13.4. The molecule has 7 nitrogen and oxygen atoms in total. The van der Waals surface area contributed by atoms with E-state index in [1.807, 2.05) is 6.07 Å². The van der Waals surface area contributed by atoms with Gasteiger partial charge in [0.25, 0.3) is 0 Å². The zero-order chi connectivity index (χ0) is 22.8. The number of benzene rings is 1. The van der Waals surface area contributed by atoms with Crippen molar-refractivity contribution < 1.29 is 9.59 Å². The molecule has 1 aliphatic heterocycles. The first-order chi connectivity index (χ1) is 15.4. The molecule has 3 aliphatic rings. The lowest BCUT2D eigenvalue weighted by Gasteiger charge is -2.51. The van der Waals surface area contributed by atoms with E-state index in [2.05, 4.69) is 59.5 Å². The molecule has 1 aromatic carbocycles. The highest BCUT2D eigenvalue weighted by molar-refractivity contribution is 5.86. The number of carbonyl (C=O) groups excluding carboxylic acids is 2. The van der Waals surface area contributed by atoms with E-state index >= 15 is 0 Å². The van der Waals surface area contributed by atoms with Crippen molar-refractivity contribution in [1.82, 2.24) is 20.0 Å². The number of hydrogen-bond acceptors (Lipinski definition) is 4. The molecule has 0 atom stereocenters. The highest BCUT2D eigenvalue weighted by atomic mass is 16.2. The first kappa shape index (κ1) is 22.6. The molecular formula is C25H35N5O2. The fourth-order valence-electron chi connectivity index (χ4n) is 5.88. The number of urea groups is 1. The predicted octanol–water partition coefficient (Wildman–Crippen LogP) is 2.93. The van der Waals surface area contributed by atoms with E-state index in [0.717, 1.165) is 32.2 Å². The van der Waals surface area contributed by atoms with E-state index in [1.54, 1.807) is 4.90 Å². The molecule has 2 saturated carbocycles. The molecule has 0 aromatic heterocycles. The Morgan fingerprint density at radius 1 is 1.19 bits per heavy atom. The summed E-state index contributed by atoms with van der Waals surface area (Å²) in [6, 6.07) is 12.6. The minimum Gasteiger partial charge on any atom is -0.341 e. The maximum absolute atomic E-state index is 13.4. The van der Waals surface area contributed by atoms with Crippen LogP contribution in [0.15, 0.2) is 30.3 Å². The zero-order valence-corrected chi connectivity index (χ0v) is 19.3. The Balaban J connectivity index is 1.55. The molecule has 0 radical (unpaired) electrons. The standard InChI is InChI=1S/C25H35N5O2/c1-28(2)25(21-9-4-3-5-10-21)13-11-24(12-14-25)19-29(18-22(31)27-16-15-26)23(32)30(24)17-20-7-6-8-20/h3-5,9-10,20H,6-8,11-14,16-19H2,1-2H3,(H,27,31). The molecule has 3 fully saturated rings. The van der Waals surface area contributed by atoms with E-state index in [-0.39, 0.29) is 36.1 Å². The molecule has 4 rings (SSSR count). The van der Waals surface area contributed by atoms with Crippen molar-refractivity contribution in [1.29, 1.82) is 5.26 Å². The summed E-state index contributed by atoms with van der Waals surface area (Å²) in [5.41, 5.74) is 1.09. The van der Waals surface area contributed by atoms with Gasteiger partial charge in [-0.3, -0.25) is 9.69 Å². The molecular weight excluding hydrogens is 402 g/mol. The van der Waals surface area contributed by atoms with E-state index in [1.165, 1.54) is 24.8 Å². The Labute approximate surface area is 191 Å². The van der Waals surface area contributed by atoms with Gasteiger partial charge in [0.2, 0.25) is 5.91 Å². The van der Waals surface area contributed by atoms with Gasteiger partial charge in [-0.2, -0.15) is 5.26 Å². The lowest BCUT2D eigenvalue weighted by molar-refractivity contribution is -0.121. The summed E-state index contributed by atoms with van der Waals surface area (Å²) in [7, 11) is 4.31. The van der Waals surface area contributed by atoms with Crippen molar-refractivity contribution in [2.75, 3.05) is 40.3 Å². The molecule has 172 valence electrons. The van der Waals surface area contributed by atoms with E-state index < -0.39 is 0 Å². The fourth-order valence-corrected chi connectivity index (χ4v) is 5.88. The van der Waals surface area contributed by atoms with Gasteiger partial charge in [-0.15, -0.1) is 0 Å². The monoisotopic (exact) mass is 437 g/mol. The van der Waals surface area contributed by atoms with Crippen LogP contribution >= 0.6 is 0 Å². The van der Waals surface area contributed by atoms with E-state index in [0.29, 0.717) is 12.5 Å².